The minimum absolute atomic E-state index is 0.105. The maximum atomic E-state index is 11.3. The SMILES string of the molecule is O=S(=O)(NC1CC(Cl)C1)C1CC1. The maximum Gasteiger partial charge on any atom is 0.214 e. The standard InChI is InChI=1S/C7H12ClNO2S/c8-5-3-6(4-5)9-12(10,11)7-1-2-7/h5-7,9H,1-4H2. The van der Waals surface area contributed by atoms with Crippen molar-refractivity contribution in [2.75, 3.05) is 0 Å². The van der Waals surface area contributed by atoms with Crippen LogP contribution in [0, 0.1) is 0 Å². The van der Waals surface area contributed by atoms with E-state index in [-0.39, 0.29) is 16.7 Å². The fraction of sp³-hybridized carbons (Fsp3) is 1.00. The molecule has 0 heterocycles. The Balaban J connectivity index is 1.86. The minimum atomic E-state index is -2.98. The molecule has 2 aliphatic carbocycles. The summed E-state index contributed by atoms with van der Waals surface area (Å²) in [5.74, 6) is 0. The third-order valence-corrected chi connectivity index (χ3v) is 4.74. The van der Waals surface area contributed by atoms with E-state index < -0.39 is 10.0 Å². The zero-order chi connectivity index (χ0) is 8.77. The van der Waals surface area contributed by atoms with Crippen LogP contribution in [0.5, 0.6) is 0 Å². The molecule has 5 heteroatoms. The van der Waals surface area contributed by atoms with E-state index >= 15 is 0 Å². The number of alkyl halides is 1. The molecule has 12 heavy (non-hydrogen) atoms. The second-order valence-electron chi connectivity index (χ2n) is 3.63. The van der Waals surface area contributed by atoms with Gasteiger partial charge in [-0.25, -0.2) is 13.1 Å². The first kappa shape index (κ1) is 8.78. The van der Waals surface area contributed by atoms with Crippen LogP contribution in [-0.2, 0) is 10.0 Å². The van der Waals surface area contributed by atoms with Crippen LogP contribution in [0.3, 0.4) is 0 Å². The third kappa shape index (κ3) is 1.75. The van der Waals surface area contributed by atoms with Gasteiger partial charge in [0.2, 0.25) is 10.0 Å². The van der Waals surface area contributed by atoms with Gasteiger partial charge in [-0.2, -0.15) is 0 Å². The van der Waals surface area contributed by atoms with Crippen molar-refractivity contribution in [3.05, 3.63) is 0 Å². The van der Waals surface area contributed by atoms with Crippen LogP contribution in [0.2, 0.25) is 0 Å². The Hall–Kier alpha value is 0.200. The van der Waals surface area contributed by atoms with E-state index in [1.165, 1.54) is 0 Å². The van der Waals surface area contributed by atoms with Crippen molar-refractivity contribution < 1.29 is 8.42 Å². The number of halogens is 1. The second-order valence-corrected chi connectivity index (χ2v) is 6.24. The molecule has 0 atom stereocenters. The summed E-state index contributed by atoms with van der Waals surface area (Å²) in [5.41, 5.74) is 0. The summed E-state index contributed by atoms with van der Waals surface area (Å²) in [5, 5.41) is 0.0729. The number of nitrogens with one attached hydrogen (secondary N) is 1. The molecule has 0 saturated heterocycles. The molecule has 0 unspecified atom stereocenters. The summed E-state index contributed by atoms with van der Waals surface area (Å²) in [6, 6.07) is 0.109. The molecule has 0 aromatic rings. The Morgan fingerprint density at radius 2 is 1.83 bits per heavy atom. The van der Waals surface area contributed by atoms with E-state index in [1.54, 1.807) is 0 Å². The van der Waals surface area contributed by atoms with Gasteiger partial charge in [0.25, 0.3) is 0 Å². The van der Waals surface area contributed by atoms with Crippen molar-refractivity contribution in [1.29, 1.82) is 0 Å². The fourth-order valence-electron chi connectivity index (χ4n) is 1.35. The first-order valence-electron chi connectivity index (χ1n) is 4.23. The molecule has 2 rings (SSSR count). The molecule has 0 spiro atoms. The molecule has 0 radical (unpaired) electrons. The summed E-state index contributed by atoms with van der Waals surface area (Å²) in [4.78, 5) is 0. The van der Waals surface area contributed by atoms with Gasteiger partial charge in [-0.3, -0.25) is 0 Å². The first-order chi connectivity index (χ1) is 5.58. The van der Waals surface area contributed by atoms with Crippen molar-refractivity contribution in [2.45, 2.75) is 42.4 Å². The third-order valence-electron chi connectivity index (χ3n) is 2.37. The van der Waals surface area contributed by atoms with Crippen LogP contribution in [0.25, 0.3) is 0 Å². The molecule has 1 N–H and O–H groups in total. The molecule has 0 aliphatic heterocycles. The predicted molar refractivity (Wildman–Crippen MR) is 47.7 cm³/mol. The smallest absolute Gasteiger partial charge is 0.212 e. The lowest BCUT2D eigenvalue weighted by atomic mass is 9.94. The molecule has 2 saturated carbocycles. The topological polar surface area (TPSA) is 46.2 Å². The lowest BCUT2D eigenvalue weighted by Gasteiger charge is -2.31. The summed E-state index contributed by atoms with van der Waals surface area (Å²) >= 11 is 5.73. The largest absolute Gasteiger partial charge is 0.214 e. The molecule has 0 bridgehead atoms. The van der Waals surface area contributed by atoms with Crippen LogP contribution >= 0.6 is 11.6 Å². The van der Waals surface area contributed by atoms with Crippen molar-refractivity contribution in [1.82, 2.24) is 4.72 Å². The number of rotatable bonds is 3. The van der Waals surface area contributed by atoms with Gasteiger partial charge in [-0.05, 0) is 25.7 Å². The summed E-state index contributed by atoms with van der Waals surface area (Å²) in [6.45, 7) is 0. The van der Waals surface area contributed by atoms with Gasteiger partial charge in [0.15, 0.2) is 0 Å². The van der Waals surface area contributed by atoms with Crippen LogP contribution in [-0.4, -0.2) is 25.1 Å². The first-order valence-corrected chi connectivity index (χ1v) is 6.21. The van der Waals surface area contributed by atoms with Gasteiger partial charge in [0.05, 0.1) is 5.25 Å². The zero-order valence-corrected chi connectivity index (χ0v) is 8.24. The molecular formula is C7H12ClNO2S. The normalized spacial score (nSPS) is 36.1. The average Bonchev–Trinajstić information content (AvgIpc) is 2.63. The van der Waals surface area contributed by atoms with Gasteiger partial charge in [-0.1, -0.05) is 0 Å². The Labute approximate surface area is 77.5 Å². The predicted octanol–water partition coefficient (Wildman–Crippen LogP) is 0.838. The van der Waals surface area contributed by atoms with E-state index in [0.29, 0.717) is 0 Å². The summed E-state index contributed by atoms with van der Waals surface area (Å²) in [7, 11) is -2.98. The minimum Gasteiger partial charge on any atom is -0.212 e. The van der Waals surface area contributed by atoms with Crippen LogP contribution in [0.4, 0.5) is 0 Å². The lowest BCUT2D eigenvalue weighted by Crippen LogP contribution is -2.45. The molecule has 2 aliphatic rings. The van der Waals surface area contributed by atoms with Gasteiger partial charge < -0.3 is 0 Å². The number of sulfonamides is 1. The zero-order valence-electron chi connectivity index (χ0n) is 6.66. The molecule has 0 aromatic heterocycles. The maximum absolute atomic E-state index is 11.3. The van der Waals surface area contributed by atoms with Crippen molar-refractivity contribution in [3.8, 4) is 0 Å². The number of hydrogen-bond acceptors (Lipinski definition) is 2. The summed E-state index contributed by atoms with van der Waals surface area (Å²) in [6.07, 6.45) is 3.22. The highest BCUT2D eigenvalue weighted by Gasteiger charge is 2.39. The monoisotopic (exact) mass is 209 g/mol. The lowest BCUT2D eigenvalue weighted by molar-refractivity contribution is 0.391. The molecule has 2 fully saturated rings. The Bertz CT molecular complexity index is 267. The van der Waals surface area contributed by atoms with Crippen molar-refractivity contribution in [2.24, 2.45) is 0 Å². The second kappa shape index (κ2) is 2.86. The fourth-order valence-corrected chi connectivity index (χ4v) is 3.39. The Kier molecular flexibility index (Phi) is 2.09. The molecule has 3 nitrogen and oxygen atoms in total. The van der Waals surface area contributed by atoms with Crippen molar-refractivity contribution in [3.63, 3.8) is 0 Å². The Morgan fingerprint density at radius 1 is 1.25 bits per heavy atom. The van der Waals surface area contributed by atoms with Gasteiger partial charge in [-0.15, -0.1) is 11.6 Å². The highest BCUT2D eigenvalue weighted by molar-refractivity contribution is 7.90. The Morgan fingerprint density at radius 3 is 2.25 bits per heavy atom. The van der Waals surface area contributed by atoms with E-state index in [2.05, 4.69) is 4.72 Å². The van der Waals surface area contributed by atoms with E-state index in [9.17, 15) is 8.42 Å². The van der Waals surface area contributed by atoms with E-state index in [4.69, 9.17) is 11.6 Å². The van der Waals surface area contributed by atoms with E-state index in [0.717, 1.165) is 25.7 Å². The molecular weight excluding hydrogens is 198 g/mol. The number of hydrogen-bond donors (Lipinski definition) is 1. The van der Waals surface area contributed by atoms with Gasteiger partial charge >= 0.3 is 0 Å². The van der Waals surface area contributed by atoms with Crippen LogP contribution in [0.15, 0.2) is 0 Å². The van der Waals surface area contributed by atoms with Gasteiger partial charge in [0.1, 0.15) is 0 Å². The highest BCUT2D eigenvalue weighted by Crippen LogP contribution is 2.31. The van der Waals surface area contributed by atoms with Crippen molar-refractivity contribution >= 4 is 21.6 Å². The quantitative estimate of drug-likeness (QED) is 0.701. The highest BCUT2D eigenvalue weighted by atomic mass is 35.5. The van der Waals surface area contributed by atoms with E-state index in [1.807, 2.05) is 0 Å². The molecule has 0 aromatic carbocycles. The molecule has 70 valence electrons. The average molecular weight is 210 g/mol. The molecule has 0 amide bonds. The summed E-state index contributed by atoms with van der Waals surface area (Å²) < 4.78 is 25.4. The van der Waals surface area contributed by atoms with Gasteiger partial charge in [0, 0.05) is 11.4 Å². The van der Waals surface area contributed by atoms with Crippen LogP contribution < -0.4 is 4.72 Å². The van der Waals surface area contributed by atoms with Crippen LogP contribution in [0.1, 0.15) is 25.7 Å².